The van der Waals surface area contributed by atoms with Crippen molar-refractivity contribution >= 4 is 33.0 Å². The monoisotopic (exact) mass is 285 g/mol. The molecule has 0 radical (unpaired) electrons. The predicted molar refractivity (Wildman–Crippen MR) is 77.2 cm³/mol. The van der Waals surface area contributed by atoms with Crippen molar-refractivity contribution in [2.45, 2.75) is 6.54 Å². The van der Waals surface area contributed by atoms with Gasteiger partial charge in [-0.05, 0) is 18.2 Å². The van der Waals surface area contributed by atoms with Crippen molar-refractivity contribution in [3.8, 4) is 0 Å². The number of hydrogen-bond acceptors (Lipinski definition) is 6. The summed E-state index contributed by atoms with van der Waals surface area (Å²) in [7, 11) is 0. The molecule has 0 bridgehead atoms. The van der Waals surface area contributed by atoms with E-state index in [1.54, 1.807) is 36.8 Å². The third-order valence-electron chi connectivity index (χ3n) is 2.80. The van der Waals surface area contributed by atoms with Gasteiger partial charge in [-0.3, -0.25) is 9.78 Å². The maximum absolute atomic E-state index is 12.2. The number of nitrogen functional groups attached to an aromatic ring is 1. The Balaban J connectivity index is 1.81. The molecule has 0 aliphatic carbocycles. The molecule has 0 aliphatic rings. The van der Waals surface area contributed by atoms with Gasteiger partial charge in [0.05, 0.1) is 22.6 Å². The van der Waals surface area contributed by atoms with E-state index in [1.807, 2.05) is 0 Å². The first-order valence-electron chi connectivity index (χ1n) is 5.92. The van der Waals surface area contributed by atoms with E-state index in [4.69, 9.17) is 5.73 Å². The minimum Gasteiger partial charge on any atom is -0.397 e. The number of carbonyl (C=O) groups excluding carboxylic acids is 1. The van der Waals surface area contributed by atoms with Crippen LogP contribution in [-0.2, 0) is 6.54 Å². The lowest BCUT2D eigenvalue weighted by Gasteiger charge is -2.03. The first-order chi connectivity index (χ1) is 9.75. The summed E-state index contributed by atoms with van der Waals surface area (Å²) in [5.41, 5.74) is 7.19. The predicted octanol–water partition coefficient (Wildman–Crippen LogP) is 1.60. The van der Waals surface area contributed by atoms with E-state index in [0.717, 1.165) is 10.1 Å². The smallest absolute Gasteiger partial charge is 0.263 e. The SMILES string of the molecule is Nc1c(C(=O)NCc2cccnn2)sc2cnccc12. The molecule has 0 atom stereocenters. The molecule has 3 N–H and O–H groups in total. The fraction of sp³-hybridized carbons (Fsp3) is 0.0769. The minimum absolute atomic E-state index is 0.214. The highest BCUT2D eigenvalue weighted by Gasteiger charge is 2.16. The van der Waals surface area contributed by atoms with Gasteiger partial charge >= 0.3 is 0 Å². The number of anilines is 1. The molecule has 20 heavy (non-hydrogen) atoms. The Bertz CT molecular complexity index is 756. The molecule has 100 valence electrons. The Kier molecular flexibility index (Phi) is 3.26. The van der Waals surface area contributed by atoms with Crippen LogP contribution in [0.1, 0.15) is 15.4 Å². The highest BCUT2D eigenvalue weighted by atomic mass is 32.1. The maximum Gasteiger partial charge on any atom is 0.263 e. The number of nitrogens with one attached hydrogen (secondary N) is 1. The molecule has 6 nitrogen and oxygen atoms in total. The number of hydrogen-bond donors (Lipinski definition) is 2. The zero-order valence-corrected chi connectivity index (χ0v) is 11.2. The number of rotatable bonds is 3. The van der Waals surface area contributed by atoms with Gasteiger partial charge in [0.2, 0.25) is 0 Å². The summed E-state index contributed by atoms with van der Waals surface area (Å²) < 4.78 is 0.898. The fourth-order valence-electron chi connectivity index (χ4n) is 1.82. The summed E-state index contributed by atoms with van der Waals surface area (Å²) in [6, 6.07) is 5.38. The molecular formula is C13H11N5OS. The van der Waals surface area contributed by atoms with Crippen LogP contribution in [0.4, 0.5) is 5.69 Å². The van der Waals surface area contributed by atoms with Crippen molar-refractivity contribution in [2.24, 2.45) is 0 Å². The number of amides is 1. The Morgan fingerprint density at radius 1 is 1.35 bits per heavy atom. The normalized spacial score (nSPS) is 10.6. The van der Waals surface area contributed by atoms with Crippen LogP contribution in [-0.4, -0.2) is 21.1 Å². The Hall–Kier alpha value is -2.54. The second-order valence-corrected chi connectivity index (χ2v) is 5.17. The van der Waals surface area contributed by atoms with Gasteiger partial charge in [-0.2, -0.15) is 10.2 Å². The second kappa shape index (κ2) is 5.22. The number of aromatic nitrogens is 3. The lowest BCUT2D eigenvalue weighted by Crippen LogP contribution is -2.23. The summed E-state index contributed by atoms with van der Waals surface area (Å²) in [5, 5.41) is 11.3. The minimum atomic E-state index is -0.214. The third-order valence-corrected chi connectivity index (χ3v) is 3.95. The molecule has 0 unspecified atom stereocenters. The topological polar surface area (TPSA) is 93.8 Å². The first-order valence-corrected chi connectivity index (χ1v) is 6.74. The molecule has 1 amide bonds. The first kappa shape index (κ1) is 12.5. The Labute approximate surface area is 118 Å². The van der Waals surface area contributed by atoms with Crippen molar-refractivity contribution in [3.63, 3.8) is 0 Å². The highest BCUT2D eigenvalue weighted by molar-refractivity contribution is 7.21. The van der Waals surface area contributed by atoms with Gasteiger partial charge < -0.3 is 11.1 Å². The van der Waals surface area contributed by atoms with E-state index in [1.165, 1.54) is 11.3 Å². The molecule has 3 heterocycles. The zero-order valence-electron chi connectivity index (χ0n) is 10.4. The summed E-state index contributed by atoms with van der Waals surface area (Å²) in [6.45, 7) is 0.318. The third kappa shape index (κ3) is 2.30. The molecule has 3 aromatic heterocycles. The summed E-state index contributed by atoms with van der Waals surface area (Å²) in [6.07, 6.45) is 4.95. The summed E-state index contributed by atoms with van der Waals surface area (Å²) in [5.74, 6) is -0.214. The molecule has 0 spiro atoms. The highest BCUT2D eigenvalue weighted by Crippen LogP contribution is 2.32. The number of carbonyl (C=O) groups is 1. The van der Waals surface area contributed by atoms with Crippen LogP contribution in [0.3, 0.4) is 0 Å². The second-order valence-electron chi connectivity index (χ2n) is 4.11. The number of pyridine rings is 1. The van der Waals surface area contributed by atoms with Gasteiger partial charge in [0.15, 0.2) is 0 Å². The Morgan fingerprint density at radius 2 is 2.25 bits per heavy atom. The van der Waals surface area contributed by atoms with Crippen LogP contribution in [0.25, 0.3) is 10.1 Å². The molecule has 0 saturated carbocycles. The lowest BCUT2D eigenvalue weighted by molar-refractivity contribution is 0.0955. The quantitative estimate of drug-likeness (QED) is 0.762. The molecule has 0 fully saturated rings. The number of fused-ring (bicyclic) bond motifs is 1. The zero-order chi connectivity index (χ0) is 13.9. The van der Waals surface area contributed by atoms with E-state index in [9.17, 15) is 4.79 Å². The number of nitrogens with zero attached hydrogens (tertiary/aromatic N) is 3. The standard InChI is InChI=1S/C13H11N5OS/c14-11-9-3-5-15-7-10(9)20-12(11)13(19)16-6-8-2-1-4-17-18-8/h1-5,7H,6,14H2,(H,16,19). The van der Waals surface area contributed by atoms with Gasteiger partial charge in [-0.15, -0.1) is 11.3 Å². The van der Waals surface area contributed by atoms with Gasteiger partial charge in [0, 0.05) is 24.0 Å². The van der Waals surface area contributed by atoms with Crippen LogP contribution in [0.2, 0.25) is 0 Å². The van der Waals surface area contributed by atoms with Gasteiger partial charge in [0.1, 0.15) is 4.88 Å². The number of nitrogens with two attached hydrogens (primary N) is 1. The molecule has 0 aliphatic heterocycles. The summed E-state index contributed by atoms with van der Waals surface area (Å²) in [4.78, 5) is 16.7. The van der Waals surface area contributed by atoms with Crippen molar-refractivity contribution in [2.75, 3.05) is 5.73 Å². The largest absolute Gasteiger partial charge is 0.397 e. The molecule has 0 aromatic carbocycles. The maximum atomic E-state index is 12.2. The molecule has 0 saturated heterocycles. The Morgan fingerprint density at radius 3 is 3.00 bits per heavy atom. The van der Waals surface area contributed by atoms with Crippen LogP contribution in [0, 0.1) is 0 Å². The molecule has 3 aromatic rings. The van der Waals surface area contributed by atoms with E-state index in [-0.39, 0.29) is 5.91 Å². The molecule has 7 heteroatoms. The molecule has 3 rings (SSSR count). The molecular weight excluding hydrogens is 274 g/mol. The van der Waals surface area contributed by atoms with Crippen molar-refractivity contribution < 1.29 is 4.79 Å². The van der Waals surface area contributed by atoms with Gasteiger partial charge in [-0.25, -0.2) is 0 Å². The van der Waals surface area contributed by atoms with Crippen LogP contribution < -0.4 is 11.1 Å². The van der Waals surface area contributed by atoms with Crippen molar-refractivity contribution in [1.29, 1.82) is 0 Å². The average molecular weight is 285 g/mol. The lowest BCUT2D eigenvalue weighted by atomic mass is 10.2. The van der Waals surface area contributed by atoms with Crippen LogP contribution in [0.15, 0.2) is 36.8 Å². The van der Waals surface area contributed by atoms with E-state index in [0.29, 0.717) is 22.8 Å². The van der Waals surface area contributed by atoms with E-state index in [2.05, 4.69) is 20.5 Å². The average Bonchev–Trinajstić information content (AvgIpc) is 2.84. The van der Waals surface area contributed by atoms with E-state index < -0.39 is 0 Å². The van der Waals surface area contributed by atoms with Crippen LogP contribution in [0.5, 0.6) is 0 Å². The van der Waals surface area contributed by atoms with Crippen molar-refractivity contribution in [1.82, 2.24) is 20.5 Å². The fourth-order valence-corrected chi connectivity index (χ4v) is 2.82. The summed E-state index contributed by atoms with van der Waals surface area (Å²) >= 11 is 1.33. The van der Waals surface area contributed by atoms with Crippen LogP contribution >= 0.6 is 11.3 Å². The van der Waals surface area contributed by atoms with Gasteiger partial charge in [-0.1, -0.05) is 0 Å². The van der Waals surface area contributed by atoms with Gasteiger partial charge in [0.25, 0.3) is 5.91 Å². The number of thiophene rings is 1. The van der Waals surface area contributed by atoms with Crippen molar-refractivity contribution in [3.05, 3.63) is 47.4 Å². The van der Waals surface area contributed by atoms with E-state index >= 15 is 0 Å².